The van der Waals surface area contributed by atoms with Crippen LogP contribution in [-0.2, 0) is 0 Å². The number of hydrogen-bond acceptors (Lipinski definition) is 6. The Morgan fingerprint density at radius 1 is 1.09 bits per heavy atom. The highest BCUT2D eigenvalue weighted by atomic mass is 35.5. The van der Waals surface area contributed by atoms with Gasteiger partial charge >= 0.3 is 0 Å². The lowest BCUT2D eigenvalue weighted by molar-refractivity contribution is 0.0651. The Bertz CT molecular complexity index is 1200. The van der Waals surface area contributed by atoms with Crippen molar-refractivity contribution in [2.24, 2.45) is 0 Å². The number of rotatable bonds is 5. The monoisotopic (exact) mass is 503 g/mol. The van der Waals surface area contributed by atoms with Gasteiger partial charge in [0.05, 0.1) is 5.02 Å². The van der Waals surface area contributed by atoms with E-state index in [4.69, 9.17) is 33.7 Å². The molecule has 1 fully saturated rings. The molecule has 0 bridgehead atoms. The topological polar surface area (TPSA) is 84.6 Å². The number of ether oxygens (including phenoxy) is 1. The molecule has 7 nitrogen and oxygen atoms in total. The van der Waals surface area contributed by atoms with E-state index in [1.54, 1.807) is 42.4 Å². The molecule has 1 aliphatic heterocycles. The second-order valence-corrected chi connectivity index (χ2v) is 8.94. The van der Waals surface area contributed by atoms with Gasteiger partial charge < -0.3 is 20.3 Å². The average molecular weight is 504 g/mol. The first-order chi connectivity index (χ1) is 16.2. The number of pyridine rings is 2. The molecule has 1 atom stereocenters. The molecule has 2 N–H and O–H groups in total. The number of carbonyl (C=O) groups excluding carboxylic acids is 1. The second-order valence-electron chi connectivity index (χ2n) is 8.15. The van der Waals surface area contributed by atoms with Crippen molar-refractivity contribution < 1.29 is 13.9 Å². The lowest BCUT2D eigenvalue weighted by atomic mass is 10.1. The van der Waals surface area contributed by atoms with E-state index in [0.29, 0.717) is 30.0 Å². The van der Waals surface area contributed by atoms with Crippen LogP contribution in [0, 0.1) is 5.82 Å². The number of likely N-dealkylation sites (N-methyl/N-ethyl adjacent to an activating group) is 1. The van der Waals surface area contributed by atoms with E-state index in [9.17, 15) is 9.18 Å². The molecule has 1 aliphatic rings. The number of halogens is 3. The van der Waals surface area contributed by atoms with Crippen LogP contribution >= 0.6 is 23.2 Å². The van der Waals surface area contributed by atoms with E-state index < -0.39 is 11.9 Å². The highest BCUT2D eigenvalue weighted by molar-refractivity contribution is 6.36. The van der Waals surface area contributed by atoms with Crippen LogP contribution in [0.4, 0.5) is 10.2 Å². The number of nitrogen functional groups attached to an aromatic ring is 1. The Morgan fingerprint density at radius 3 is 2.47 bits per heavy atom. The molecule has 10 heteroatoms. The van der Waals surface area contributed by atoms with Gasteiger partial charge in [0.25, 0.3) is 5.91 Å². The minimum atomic E-state index is -0.753. The normalized spacial score (nSPS) is 15.3. The van der Waals surface area contributed by atoms with Crippen molar-refractivity contribution in [1.82, 2.24) is 19.8 Å². The third-order valence-corrected chi connectivity index (χ3v) is 6.47. The first-order valence-corrected chi connectivity index (χ1v) is 11.5. The van der Waals surface area contributed by atoms with Gasteiger partial charge in [0.15, 0.2) is 11.4 Å². The van der Waals surface area contributed by atoms with E-state index in [1.165, 1.54) is 12.1 Å². The molecular formula is C24H24Cl2FN5O2. The van der Waals surface area contributed by atoms with Gasteiger partial charge in [-0.2, -0.15) is 0 Å². The maximum atomic E-state index is 14.1. The van der Waals surface area contributed by atoms with Gasteiger partial charge in [0, 0.05) is 60.3 Å². The number of anilines is 1. The van der Waals surface area contributed by atoms with Gasteiger partial charge in [-0.05, 0) is 44.3 Å². The summed E-state index contributed by atoms with van der Waals surface area (Å²) >= 11 is 12.5. The molecule has 34 heavy (non-hydrogen) atoms. The van der Waals surface area contributed by atoms with Gasteiger partial charge in [0.1, 0.15) is 17.7 Å². The van der Waals surface area contributed by atoms with Crippen molar-refractivity contribution in [3.05, 3.63) is 69.8 Å². The molecule has 3 aromatic rings. The number of carbonyl (C=O) groups is 1. The first-order valence-electron chi connectivity index (χ1n) is 10.7. The Balaban J connectivity index is 1.72. The van der Waals surface area contributed by atoms with Crippen LogP contribution in [-0.4, -0.2) is 58.9 Å². The molecule has 1 aromatic carbocycles. The Kier molecular flexibility index (Phi) is 7.21. The molecule has 1 amide bonds. The van der Waals surface area contributed by atoms with Gasteiger partial charge in [-0.15, -0.1) is 0 Å². The van der Waals surface area contributed by atoms with Crippen molar-refractivity contribution in [2.45, 2.75) is 13.0 Å². The summed E-state index contributed by atoms with van der Waals surface area (Å²) in [5, 5.41) is 0.136. The van der Waals surface area contributed by atoms with E-state index in [1.807, 2.05) is 7.05 Å². The van der Waals surface area contributed by atoms with Crippen LogP contribution in [0.1, 0.15) is 29.1 Å². The summed E-state index contributed by atoms with van der Waals surface area (Å²) in [6, 6.07) is 7.80. The summed E-state index contributed by atoms with van der Waals surface area (Å²) in [5.41, 5.74) is 7.58. The average Bonchev–Trinajstić information content (AvgIpc) is 2.82. The molecule has 0 aliphatic carbocycles. The van der Waals surface area contributed by atoms with Crippen LogP contribution in [0.3, 0.4) is 0 Å². The van der Waals surface area contributed by atoms with E-state index in [-0.39, 0.29) is 27.4 Å². The number of piperazine rings is 1. The number of amides is 1. The molecule has 0 saturated carbocycles. The number of aromatic nitrogens is 2. The smallest absolute Gasteiger partial charge is 0.276 e. The molecule has 0 spiro atoms. The van der Waals surface area contributed by atoms with Crippen LogP contribution in [0.2, 0.25) is 10.0 Å². The molecule has 4 rings (SSSR count). The van der Waals surface area contributed by atoms with Crippen molar-refractivity contribution >= 4 is 34.9 Å². The number of nitrogens with zero attached hydrogens (tertiary/aromatic N) is 4. The molecular weight excluding hydrogens is 480 g/mol. The third kappa shape index (κ3) is 5.09. The summed E-state index contributed by atoms with van der Waals surface area (Å²) in [5.74, 6) is -0.222. The van der Waals surface area contributed by atoms with Crippen LogP contribution < -0.4 is 10.5 Å². The maximum absolute atomic E-state index is 14.1. The zero-order chi connectivity index (χ0) is 24.4. The predicted octanol–water partition coefficient (Wildman–Crippen LogP) is 4.70. The Morgan fingerprint density at radius 2 is 1.79 bits per heavy atom. The molecule has 1 saturated heterocycles. The fourth-order valence-corrected chi connectivity index (χ4v) is 4.43. The Hall–Kier alpha value is -2.94. The van der Waals surface area contributed by atoms with E-state index >= 15 is 0 Å². The summed E-state index contributed by atoms with van der Waals surface area (Å²) in [7, 11) is 2.01. The molecule has 2 aromatic heterocycles. The standard InChI is InChI=1S/C24H24Cl2FN5O2/c1-14(21-17(25)4-5-18(27)22(21)26)34-19-11-16(15-3-6-20(28)29-12-15)13-30-23(19)24(33)32-9-7-31(2)8-10-32/h3-6,11-14H,7-10H2,1-2H3,(H2,28,29). The van der Waals surface area contributed by atoms with Crippen molar-refractivity contribution in [1.29, 1.82) is 0 Å². The largest absolute Gasteiger partial charge is 0.483 e. The zero-order valence-electron chi connectivity index (χ0n) is 18.8. The highest BCUT2D eigenvalue weighted by Gasteiger charge is 2.27. The maximum Gasteiger partial charge on any atom is 0.276 e. The lowest BCUT2D eigenvalue weighted by Gasteiger charge is -2.32. The first kappa shape index (κ1) is 24.2. The quantitative estimate of drug-likeness (QED) is 0.508. The minimum Gasteiger partial charge on any atom is -0.483 e. The van der Waals surface area contributed by atoms with Crippen LogP contribution in [0.15, 0.2) is 42.7 Å². The SMILES string of the molecule is CC(Oc1cc(-c2ccc(N)nc2)cnc1C(=O)N1CCN(C)CC1)c1c(Cl)ccc(F)c1Cl. The zero-order valence-corrected chi connectivity index (χ0v) is 20.3. The van der Waals surface area contributed by atoms with Gasteiger partial charge in [-0.1, -0.05) is 23.2 Å². The summed E-state index contributed by atoms with van der Waals surface area (Å²) < 4.78 is 20.3. The molecule has 3 heterocycles. The van der Waals surface area contributed by atoms with Crippen LogP contribution in [0.5, 0.6) is 5.75 Å². The number of hydrogen-bond donors (Lipinski definition) is 1. The predicted molar refractivity (Wildman–Crippen MR) is 131 cm³/mol. The van der Waals surface area contributed by atoms with Gasteiger partial charge in [0.2, 0.25) is 0 Å². The van der Waals surface area contributed by atoms with E-state index in [2.05, 4.69) is 14.9 Å². The molecule has 178 valence electrons. The minimum absolute atomic E-state index is 0.126. The van der Waals surface area contributed by atoms with Gasteiger partial charge in [-0.25, -0.2) is 14.4 Å². The lowest BCUT2D eigenvalue weighted by Crippen LogP contribution is -2.47. The fourth-order valence-electron chi connectivity index (χ4n) is 3.75. The van der Waals surface area contributed by atoms with Gasteiger partial charge in [-0.3, -0.25) is 4.79 Å². The fraction of sp³-hybridized carbons (Fsp3) is 0.292. The third-order valence-electron chi connectivity index (χ3n) is 5.76. The van der Waals surface area contributed by atoms with Crippen molar-refractivity contribution in [3.8, 4) is 16.9 Å². The summed E-state index contributed by atoms with van der Waals surface area (Å²) in [6.07, 6.45) is 2.45. The Labute approximate surface area is 207 Å². The number of nitrogens with two attached hydrogens (primary N) is 1. The second kappa shape index (κ2) is 10.1. The highest BCUT2D eigenvalue weighted by Crippen LogP contribution is 2.36. The summed E-state index contributed by atoms with van der Waals surface area (Å²) in [4.78, 5) is 25.8. The number of benzene rings is 1. The van der Waals surface area contributed by atoms with Crippen LogP contribution in [0.25, 0.3) is 11.1 Å². The van der Waals surface area contributed by atoms with E-state index in [0.717, 1.165) is 18.7 Å². The summed E-state index contributed by atoms with van der Waals surface area (Å²) in [6.45, 7) is 4.38. The van der Waals surface area contributed by atoms with Crippen molar-refractivity contribution in [3.63, 3.8) is 0 Å². The molecule has 0 radical (unpaired) electrons. The van der Waals surface area contributed by atoms with Crippen molar-refractivity contribution in [2.75, 3.05) is 39.0 Å². The molecule has 1 unspecified atom stereocenters.